The van der Waals surface area contributed by atoms with Crippen LogP contribution in [-0.4, -0.2) is 86.9 Å². The Hall–Kier alpha value is -5.47. The smallest absolute Gasteiger partial charge is 0.225 e. The van der Waals surface area contributed by atoms with E-state index in [1.165, 1.54) is 6.07 Å². The van der Waals surface area contributed by atoms with Crippen LogP contribution in [0.1, 0.15) is 68.3 Å². The lowest BCUT2D eigenvalue weighted by Crippen LogP contribution is -2.46. The summed E-state index contributed by atoms with van der Waals surface area (Å²) in [5.74, 6) is 0.162. The van der Waals surface area contributed by atoms with Gasteiger partial charge in [0.1, 0.15) is 5.82 Å². The number of pyridine rings is 1. The number of nitrogens with zero attached hydrogens (tertiary/aromatic N) is 7. The summed E-state index contributed by atoms with van der Waals surface area (Å²) in [4.78, 5) is 44.2. The van der Waals surface area contributed by atoms with Gasteiger partial charge < -0.3 is 25.6 Å². The minimum atomic E-state index is -0.311. The summed E-state index contributed by atoms with van der Waals surface area (Å²) in [5, 5.41) is 15.3. The molecule has 7 rings (SSSR count). The summed E-state index contributed by atoms with van der Waals surface area (Å²) in [6.07, 6.45) is 8.74. The molecule has 0 unspecified atom stereocenters. The number of rotatable bonds is 16. The van der Waals surface area contributed by atoms with Gasteiger partial charge in [-0.1, -0.05) is 31.2 Å². The van der Waals surface area contributed by atoms with Crippen molar-refractivity contribution in [3.63, 3.8) is 0 Å². The SMILES string of the molecule is CCc1nc2c(cnn2CC)c(NC2CCOCC2)c1CNC(=O)CCCC(=O)NCc1ccc(F)c(-c2cccc(CN3CCN(c4ncccn4)CC3)c2)c1. The molecule has 57 heavy (non-hydrogen) atoms. The van der Waals surface area contributed by atoms with E-state index in [9.17, 15) is 9.59 Å². The topological polar surface area (TPSA) is 142 Å². The van der Waals surface area contributed by atoms with Crippen LogP contribution < -0.4 is 20.9 Å². The van der Waals surface area contributed by atoms with E-state index in [-0.39, 0.29) is 43.1 Å². The van der Waals surface area contributed by atoms with Crippen molar-refractivity contribution in [2.24, 2.45) is 0 Å². The first kappa shape index (κ1) is 39.8. The zero-order valence-corrected chi connectivity index (χ0v) is 33.0. The molecule has 300 valence electrons. The maximum atomic E-state index is 15.1. The molecule has 0 saturated carbocycles. The molecule has 2 fully saturated rings. The van der Waals surface area contributed by atoms with Crippen LogP contribution in [0, 0.1) is 5.82 Å². The number of hydrogen-bond acceptors (Lipinski definition) is 10. The Morgan fingerprint density at radius 2 is 1.65 bits per heavy atom. The highest BCUT2D eigenvalue weighted by molar-refractivity contribution is 5.92. The highest BCUT2D eigenvalue weighted by Gasteiger charge is 2.23. The van der Waals surface area contributed by atoms with Crippen molar-refractivity contribution in [3.05, 3.63) is 95.3 Å². The van der Waals surface area contributed by atoms with Gasteiger partial charge in [0.05, 0.1) is 17.3 Å². The van der Waals surface area contributed by atoms with Gasteiger partial charge in [-0.25, -0.2) is 24.0 Å². The van der Waals surface area contributed by atoms with Crippen LogP contribution in [0.4, 0.5) is 16.0 Å². The molecule has 0 bridgehead atoms. The van der Waals surface area contributed by atoms with Crippen LogP contribution in [-0.2, 0) is 46.9 Å². The maximum Gasteiger partial charge on any atom is 0.225 e. The molecule has 3 aromatic heterocycles. The largest absolute Gasteiger partial charge is 0.381 e. The molecule has 2 saturated heterocycles. The Labute approximate surface area is 333 Å². The standard InChI is InChI=1S/C43H53FN10O3/c1-3-38-35(41(50-33-14-22-57-23-15-33)36-28-49-54(4-2)42(36)51-38)27-48-40(56)11-6-10-39(55)47-26-30-12-13-37(44)34(25-30)32-9-5-8-31(24-32)29-52-18-20-53(21-19-52)43-45-16-7-17-46-43/h5,7-9,12-13,16-17,24-25,28,33H,3-4,6,10-11,14-15,18-23,26-27,29H2,1-2H3,(H,47,55)(H,48,56)(H,50,51). The molecule has 0 radical (unpaired) electrons. The third-order valence-corrected chi connectivity index (χ3v) is 10.8. The first-order valence-electron chi connectivity index (χ1n) is 20.3. The van der Waals surface area contributed by atoms with Crippen molar-refractivity contribution in [1.29, 1.82) is 0 Å². The second kappa shape index (κ2) is 19.1. The van der Waals surface area contributed by atoms with Gasteiger partial charge in [0.2, 0.25) is 17.8 Å². The lowest BCUT2D eigenvalue weighted by Gasteiger charge is -2.34. The number of anilines is 2. The maximum absolute atomic E-state index is 15.1. The Morgan fingerprint density at radius 1 is 0.895 bits per heavy atom. The molecule has 2 aromatic carbocycles. The quantitative estimate of drug-likeness (QED) is 0.116. The fraction of sp³-hybridized carbons (Fsp3) is 0.442. The number of hydrogen-bond donors (Lipinski definition) is 3. The van der Waals surface area contributed by atoms with E-state index >= 15 is 4.39 Å². The molecule has 2 aliphatic heterocycles. The Kier molecular flexibility index (Phi) is 13.3. The minimum absolute atomic E-state index is 0.124. The molecular weight excluding hydrogens is 724 g/mol. The van der Waals surface area contributed by atoms with E-state index in [0.717, 1.165) is 96.2 Å². The third kappa shape index (κ3) is 10.1. The first-order valence-corrected chi connectivity index (χ1v) is 20.3. The second-order valence-electron chi connectivity index (χ2n) is 14.7. The summed E-state index contributed by atoms with van der Waals surface area (Å²) in [5.41, 5.74) is 6.91. The van der Waals surface area contributed by atoms with E-state index in [1.54, 1.807) is 24.5 Å². The average Bonchev–Trinajstić information content (AvgIpc) is 3.67. The monoisotopic (exact) mass is 776 g/mol. The molecule has 14 heteroatoms. The number of carbonyl (C=O) groups excluding carboxylic acids is 2. The summed E-state index contributed by atoms with van der Waals surface area (Å²) >= 11 is 0. The lowest BCUT2D eigenvalue weighted by molar-refractivity contribution is -0.122. The summed E-state index contributed by atoms with van der Waals surface area (Å²) in [7, 11) is 0. The number of halogens is 1. The second-order valence-corrected chi connectivity index (χ2v) is 14.7. The van der Waals surface area contributed by atoms with E-state index < -0.39 is 0 Å². The Morgan fingerprint density at radius 3 is 2.39 bits per heavy atom. The van der Waals surface area contributed by atoms with Gasteiger partial charge in [-0.15, -0.1) is 0 Å². The number of benzene rings is 2. The molecule has 0 atom stereocenters. The molecule has 0 spiro atoms. The number of aryl methyl sites for hydroxylation is 2. The lowest BCUT2D eigenvalue weighted by atomic mass is 10.00. The summed E-state index contributed by atoms with van der Waals surface area (Å²) in [6.45, 7) is 11.1. The molecule has 5 heterocycles. The zero-order chi connectivity index (χ0) is 39.6. The number of amides is 2. The number of piperazine rings is 1. The number of nitrogens with one attached hydrogen (secondary N) is 3. The Balaban J connectivity index is 0.889. The molecule has 5 aromatic rings. The molecule has 2 aliphatic rings. The first-order chi connectivity index (χ1) is 27.9. The molecular formula is C43H53FN10O3. The van der Waals surface area contributed by atoms with Crippen molar-refractivity contribution in [3.8, 4) is 11.1 Å². The molecule has 13 nitrogen and oxygen atoms in total. The van der Waals surface area contributed by atoms with Crippen molar-refractivity contribution >= 4 is 34.5 Å². The summed E-state index contributed by atoms with van der Waals surface area (Å²) in [6, 6.07) is 15.0. The van der Waals surface area contributed by atoms with Crippen molar-refractivity contribution < 1.29 is 18.7 Å². The van der Waals surface area contributed by atoms with Gasteiger partial charge in [-0.2, -0.15) is 5.10 Å². The zero-order valence-electron chi connectivity index (χ0n) is 33.0. The number of carbonyl (C=O) groups is 2. The fourth-order valence-corrected chi connectivity index (χ4v) is 7.63. The highest BCUT2D eigenvalue weighted by Crippen LogP contribution is 2.31. The van der Waals surface area contributed by atoms with E-state index in [2.05, 4.69) is 53.8 Å². The molecule has 2 amide bonds. The molecule has 0 aliphatic carbocycles. The van der Waals surface area contributed by atoms with Crippen LogP contribution in [0.3, 0.4) is 0 Å². The fourth-order valence-electron chi connectivity index (χ4n) is 7.63. The van der Waals surface area contributed by atoms with Crippen LogP contribution in [0.25, 0.3) is 22.2 Å². The average molecular weight is 777 g/mol. The van der Waals surface area contributed by atoms with E-state index in [4.69, 9.17) is 9.72 Å². The van der Waals surface area contributed by atoms with Gasteiger partial charge in [-0.3, -0.25) is 14.5 Å². The highest BCUT2D eigenvalue weighted by atomic mass is 19.1. The van der Waals surface area contributed by atoms with Crippen molar-refractivity contribution in [1.82, 2.24) is 40.3 Å². The summed E-state index contributed by atoms with van der Waals surface area (Å²) < 4.78 is 22.6. The number of ether oxygens (including phenoxy) is 1. The van der Waals surface area contributed by atoms with E-state index in [0.29, 0.717) is 44.7 Å². The molecule has 3 N–H and O–H groups in total. The number of fused-ring (bicyclic) bond motifs is 1. The van der Waals surface area contributed by atoms with Crippen LogP contribution in [0.15, 0.2) is 67.1 Å². The van der Waals surface area contributed by atoms with Gasteiger partial charge in [0, 0.05) is 114 Å². The van der Waals surface area contributed by atoms with Crippen LogP contribution in [0.5, 0.6) is 0 Å². The Bertz CT molecular complexity index is 2130. The van der Waals surface area contributed by atoms with Crippen LogP contribution >= 0.6 is 0 Å². The number of aromatic nitrogens is 5. The van der Waals surface area contributed by atoms with Gasteiger partial charge in [-0.05, 0) is 73.6 Å². The predicted octanol–water partition coefficient (Wildman–Crippen LogP) is 5.63. The van der Waals surface area contributed by atoms with Gasteiger partial charge in [0.25, 0.3) is 0 Å². The van der Waals surface area contributed by atoms with Crippen molar-refractivity contribution in [2.75, 3.05) is 49.6 Å². The third-order valence-electron chi connectivity index (χ3n) is 10.8. The van der Waals surface area contributed by atoms with Crippen LogP contribution in [0.2, 0.25) is 0 Å². The van der Waals surface area contributed by atoms with Crippen molar-refractivity contribution in [2.45, 2.75) is 84.6 Å². The minimum Gasteiger partial charge on any atom is -0.381 e. The normalized spacial score (nSPS) is 15.2. The van der Waals surface area contributed by atoms with Gasteiger partial charge in [0.15, 0.2) is 5.65 Å². The van der Waals surface area contributed by atoms with E-state index in [1.807, 2.05) is 42.1 Å². The predicted molar refractivity (Wildman–Crippen MR) is 219 cm³/mol. The van der Waals surface area contributed by atoms with Gasteiger partial charge >= 0.3 is 0 Å².